The van der Waals surface area contributed by atoms with E-state index in [9.17, 15) is 9.90 Å². The molecule has 0 aliphatic rings. The van der Waals surface area contributed by atoms with Crippen LogP contribution >= 0.6 is 0 Å². The Kier molecular flexibility index (Phi) is 4.52. The minimum absolute atomic E-state index is 0.372. The van der Waals surface area contributed by atoms with Crippen molar-refractivity contribution in [1.29, 1.82) is 0 Å². The zero-order valence-corrected chi connectivity index (χ0v) is 12.3. The van der Waals surface area contributed by atoms with Crippen molar-refractivity contribution in [3.8, 4) is 5.75 Å². The maximum Gasteiger partial charge on any atom is 0.312 e. The monoisotopic (exact) mass is 286 g/mol. The van der Waals surface area contributed by atoms with E-state index in [-0.39, 0.29) is 0 Å². The summed E-state index contributed by atoms with van der Waals surface area (Å²) >= 11 is 0. The van der Waals surface area contributed by atoms with Crippen LogP contribution in [0.2, 0.25) is 0 Å². The summed E-state index contributed by atoms with van der Waals surface area (Å²) in [5, 5.41) is 9.46. The summed E-state index contributed by atoms with van der Waals surface area (Å²) in [5.41, 5.74) is 2.98. The molecule has 1 aromatic carbocycles. The number of carboxylic acids is 1. The van der Waals surface area contributed by atoms with Crippen molar-refractivity contribution in [2.45, 2.75) is 26.2 Å². The Morgan fingerprint density at radius 1 is 1.24 bits per heavy atom. The van der Waals surface area contributed by atoms with Gasteiger partial charge in [0.15, 0.2) is 0 Å². The number of rotatable bonds is 5. The van der Waals surface area contributed by atoms with E-state index >= 15 is 0 Å². The molecule has 0 saturated heterocycles. The van der Waals surface area contributed by atoms with Crippen molar-refractivity contribution in [2.24, 2.45) is 0 Å². The lowest BCUT2D eigenvalue weighted by molar-refractivity contribution is -0.138. The SMILES string of the molecule is COc1ccc(CC(C(=O)O)c2cnc(C)c(C)n2)cc1. The molecule has 110 valence electrons. The molecule has 0 aliphatic heterocycles. The van der Waals surface area contributed by atoms with E-state index in [0.717, 1.165) is 22.7 Å². The second kappa shape index (κ2) is 6.35. The van der Waals surface area contributed by atoms with E-state index in [1.54, 1.807) is 13.3 Å². The average Bonchev–Trinajstić information content (AvgIpc) is 2.48. The maximum atomic E-state index is 11.5. The van der Waals surface area contributed by atoms with Gasteiger partial charge in [-0.2, -0.15) is 0 Å². The van der Waals surface area contributed by atoms with Crippen LogP contribution in [0.25, 0.3) is 0 Å². The summed E-state index contributed by atoms with van der Waals surface area (Å²) in [6, 6.07) is 7.37. The lowest BCUT2D eigenvalue weighted by Gasteiger charge is -2.13. The second-order valence-corrected chi connectivity index (χ2v) is 4.91. The highest BCUT2D eigenvalue weighted by Gasteiger charge is 2.22. The van der Waals surface area contributed by atoms with Gasteiger partial charge in [0.2, 0.25) is 0 Å². The van der Waals surface area contributed by atoms with Gasteiger partial charge in [0.25, 0.3) is 0 Å². The largest absolute Gasteiger partial charge is 0.497 e. The minimum atomic E-state index is -0.900. The summed E-state index contributed by atoms with van der Waals surface area (Å²) in [4.78, 5) is 20.1. The number of methoxy groups -OCH3 is 1. The number of aromatic nitrogens is 2. The number of carbonyl (C=O) groups is 1. The van der Waals surface area contributed by atoms with Crippen molar-refractivity contribution < 1.29 is 14.6 Å². The van der Waals surface area contributed by atoms with Gasteiger partial charge in [-0.3, -0.25) is 14.8 Å². The maximum absolute atomic E-state index is 11.5. The third-order valence-corrected chi connectivity index (χ3v) is 3.46. The summed E-state index contributed by atoms with van der Waals surface area (Å²) in [6.45, 7) is 3.68. The fourth-order valence-electron chi connectivity index (χ4n) is 2.04. The number of aliphatic carboxylic acids is 1. The third kappa shape index (κ3) is 3.56. The lowest BCUT2D eigenvalue weighted by atomic mass is 9.96. The molecule has 1 heterocycles. The van der Waals surface area contributed by atoms with Crippen LogP contribution in [-0.4, -0.2) is 28.2 Å². The van der Waals surface area contributed by atoms with Crippen molar-refractivity contribution in [3.05, 3.63) is 53.1 Å². The van der Waals surface area contributed by atoms with Crippen LogP contribution in [0.4, 0.5) is 0 Å². The number of hydrogen-bond acceptors (Lipinski definition) is 4. The predicted octanol–water partition coefficient (Wildman–Crippen LogP) is 2.51. The van der Waals surface area contributed by atoms with E-state index in [0.29, 0.717) is 12.1 Å². The molecule has 2 rings (SSSR count). The summed E-state index contributed by atoms with van der Waals surface area (Å²) in [5.74, 6) is -0.856. The molecule has 0 saturated carbocycles. The van der Waals surface area contributed by atoms with E-state index in [1.807, 2.05) is 38.1 Å². The molecule has 1 unspecified atom stereocenters. The summed E-state index contributed by atoms with van der Waals surface area (Å²) in [7, 11) is 1.60. The van der Waals surface area contributed by atoms with Crippen molar-refractivity contribution in [2.75, 3.05) is 7.11 Å². The van der Waals surface area contributed by atoms with Gasteiger partial charge < -0.3 is 9.84 Å². The molecular formula is C16H18N2O3. The van der Waals surface area contributed by atoms with E-state index in [2.05, 4.69) is 9.97 Å². The molecule has 0 bridgehead atoms. The van der Waals surface area contributed by atoms with E-state index < -0.39 is 11.9 Å². The Labute approximate surface area is 123 Å². The van der Waals surface area contributed by atoms with E-state index in [4.69, 9.17) is 4.74 Å². The number of nitrogens with zero attached hydrogens (tertiary/aromatic N) is 2. The third-order valence-electron chi connectivity index (χ3n) is 3.46. The first kappa shape index (κ1) is 15.0. The highest BCUT2D eigenvalue weighted by Crippen LogP contribution is 2.21. The van der Waals surface area contributed by atoms with Crippen molar-refractivity contribution in [1.82, 2.24) is 9.97 Å². The zero-order chi connectivity index (χ0) is 15.4. The molecule has 1 N–H and O–H groups in total. The molecule has 0 aliphatic carbocycles. The van der Waals surface area contributed by atoms with Crippen LogP contribution in [0.15, 0.2) is 30.5 Å². The predicted molar refractivity (Wildman–Crippen MR) is 78.6 cm³/mol. The Morgan fingerprint density at radius 2 is 1.90 bits per heavy atom. The summed E-state index contributed by atoms with van der Waals surface area (Å²) in [6.07, 6.45) is 1.92. The molecular weight excluding hydrogens is 268 g/mol. The van der Waals surface area contributed by atoms with Gasteiger partial charge in [-0.1, -0.05) is 12.1 Å². The Balaban J connectivity index is 2.26. The molecule has 0 radical (unpaired) electrons. The second-order valence-electron chi connectivity index (χ2n) is 4.91. The number of benzene rings is 1. The van der Waals surface area contributed by atoms with Gasteiger partial charge in [0, 0.05) is 6.20 Å². The number of carboxylic acid groups (broad SMARTS) is 1. The van der Waals surface area contributed by atoms with Crippen LogP contribution < -0.4 is 4.74 Å². The molecule has 0 spiro atoms. The average molecular weight is 286 g/mol. The smallest absolute Gasteiger partial charge is 0.312 e. The first-order valence-corrected chi connectivity index (χ1v) is 6.67. The molecule has 0 fully saturated rings. The van der Waals surface area contributed by atoms with Crippen LogP contribution in [0.3, 0.4) is 0 Å². The Bertz CT molecular complexity index is 638. The van der Waals surface area contributed by atoms with Crippen LogP contribution in [0, 0.1) is 13.8 Å². The topological polar surface area (TPSA) is 72.3 Å². The molecule has 5 nitrogen and oxygen atoms in total. The zero-order valence-electron chi connectivity index (χ0n) is 12.3. The van der Waals surface area contributed by atoms with Crippen LogP contribution in [0.1, 0.15) is 28.6 Å². The first-order valence-electron chi connectivity index (χ1n) is 6.67. The van der Waals surface area contributed by atoms with Gasteiger partial charge in [-0.05, 0) is 38.0 Å². The fraction of sp³-hybridized carbons (Fsp3) is 0.312. The normalized spacial score (nSPS) is 12.0. The highest BCUT2D eigenvalue weighted by atomic mass is 16.5. The lowest BCUT2D eigenvalue weighted by Crippen LogP contribution is -2.17. The van der Waals surface area contributed by atoms with E-state index in [1.165, 1.54) is 0 Å². The van der Waals surface area contributed by atoms with Gasteiger partial charge in [-0.25, -0.2) is 0 Å². The minimum Gasteiger partial charge on any atom is -0.497 e. The number of ether oxygens (including phenoxy) is 1. The van der Waals surface area contributed by atoms with Gasteiger partial charge >= 0.3 is 5.97 Å². The van der Waals surface area contributed by atoms with Crippen LogP contribution in [0.5, 0.6) is 5.75 Å². The number of hydrogen-bond donors (Lipinski definition) is 1. The van der Waals surface area contributed by atoms with Gasteiger partial charge in [0.1, 0.15) is 11.7 Å². The summed E-state index contributed by atoms with van der Waals surface area (Å²) < 4.78 is 5.10. The van der Waals surface area contributed by atoms with Gasteiger partial charge in [-0.15, -0.1) is 0 Å². The first-order chi connectivity index (χ1) is 10.0. The molecule has 0 amide bonds. The Morgan fingerprint density at radius 3 is 2.43 bits per heavy atom. The van der Waals surface area contributed by atoms with Crippen molar-refractivity contribution in [3.63, 3.8) is 0 Å². The fourth-order valence-corrected chi connectivity index (χ4v) is 2.04. The molecule has 5 heteroatoms. The molecule has 21 heavy (non-hydrogen) atoms. The quantitative estimate of drug-likeness (QED) is 0.914. The molecule has 1 aromatic heterocycles. The number of aryl methyl sites for hydroxylation is 2. The highest BCUT2D eigenvalue weighted by molar-refractivity contribution is 5.75. The Hall–Kier alpha value is -2.43. The van der Waals surface area contributed by atoms with Crippen molar-refractivity contribution >= 4 is 5.97 Å². The van der Waals surface area contributed by atoms with Crippen LogP contribution in [-0.2, 0) is 11.2 Å². The standard InChI is InChI=1S/C16H18N2O3/c1-10-11(2)18-15(9-17-10)14(16(19)20)8-12-4-6-13(21-3)7-5-12/h4-7,9,14H,8H2,1-3H3,(H,19,20). The molecule has 1 atom stereocenters. The molecule has 2 aromatic rings. The van der Waals surface area contributed by atoms with Gasteiger partial charge in [0.05, 0.1) is 24.2 Å².